The van der Waals surface area contributed by atoms with Crippen molar-refractivity contribution in [2.75, 3.05) is 34.9 Å². The van der Waals surface area contributed by atoms with Crippen molar-refractivity contribution in [3.05, 3.63) is 48.8 Å². The number of anilines is 4. The summed E-state index contributed by atoms with van der Waals surface area (Å²) in [6, 6.07) is 10.3. The summed E-state index contributed by atoms with van der Waals surface area (Å²) in [5.41, 5.74) is 2.89. The molecule has 0 saturated carbocycles. The van der Waals surface area contributed by atoms with E-state index in [0.29, 0.717) is 28.6 Å². The van der Waals surface area contributed by atoms with Gasteiger partial charge >= 0.3 is 0 Å². The number of amides is 1. The first-order valence-electron chi connectivity index (χ1n) is 11.2. The fourth-order valence-corrected chi connectivity index (χ4v) is 4.55. The van der Waals surface area contributed by atoms with Crippen LogP contribution < -0.4 is 15.5 Å². The molecular formula is C24H28N6O4S. The molecule has 1 aliphatic heterocycles. The van der Waals surface area contributed by atoms with Gasteiger partial charge in [0.2, 0.25) is 5.91 Å². The maximum atomic E-state index is 11.9. The Labute approximate surface area is 204 Å². The molecule has 2 N–H and O–H groups in total. The Morgan fingerprint density at radius 1 is 1.06 bits per heavy atom. The van der Waals surface area contributed by atoms with Crippen LogP contribution in [-0.2, 0) is 19.4 Å². The number of carbonyl (C=O) groups excluding carboxylic acids is 1. The van der Waals surface area contributed by atoms with Gasteiger partial charge in [0.15, 0.2) is 14.9 Å². The van der Waals surface area contributed by atoms with Gasteiger partial charge in [0.1, 0.15) is 11.6 Å². The number of aromatic nitrogens is 3. The Hall–Kier alpha value is -3.57. The Balaban J connectivity index is 1.67. The third kappa shape index (κ3) is 6.11. The number of pyridine rings is 3. The lowest BCUT2D eigenvalue weighted by Gasteiger charge is -2.36. The van der Waals surface area contributed by atoms with Crippen molar-refractivity contribution < 1.29 is 17.9 Å². The number of morpholine rings is 1. The van der Waals surface area contributed by atoms with E-state index >= 15 is 0 Å². The van der Waals surface area contributed by atoms with Gasteiger partial charge in [0.05, 0.1) is 35.5 Å². The summed E-state index contributed by atoms with van der Waals surface area (Å²) in [6.45, 7) is 7.07. The summed E-state index contributed by atoms with van der Waals surface area (Å²) >= 11 is 0. The average Bonchev–Trinajstić information content (AvgIpc) is 2.78. The van der Waals surface area contributed by atoms with Crippen LogP contribution in [0.3, 0.4) is 0 Å². The van der Waals surface area contributed by atoms with Crippen LogP contribution in [0, 0.1) is 0 Å². The van der Waals surface area contributed by atoms with Gasteiger partial charge < -0.3 is 20.3 Å². The predicted octanol–water partition coefficient (Wildman–Crippen LogP) is 3.26. The molecule has 11 heteroatoms. The minimum atomic E-state index is -3.47. The zero-order chi connectivity index (χ0) is 25.2. The monoisotopic (exact) mass is 496 g/mol. The maximum Gasteiger partial charge on any atom is 0.222 e. The Morgan fingerprint density at radius 2 is 1.80 bits per heavy atom. The number of sulfone groups is 1. The van der Waals surface area contributed by atoms with E-state index in [1.807, 2.05) is 18.3 Å². The molecule has 184 valence electrons. The molecule has 3 aromatic rings. The molecule has 0 aromatic carbocycles. The van der Waals surface area contributed by atoms with E-state index in [1.54, 1.807) is 24.4 Å². The first kappa shape index (κ1) is 24.6. The van der Waals surface area contributed by atoms with E-state index in [-0.39, 0.29) is 23.1 Å². The summed E-state index contributed by atoms with van der Waals surface area (Å²) in [5.74, 6) is 0.419. The van der Waals surface area contributed by atoms with Crippen LogP contribution in [0.5, 0.6) is 0 Å². The van der Waals surface area contributed by atoms with Gasteiger partial charge in [-0.15, -0.1) is 0 Å². The maximum absolute atomic E-state index is 11.9. The van der Waals surface area contributed by atoms with Gasteiger partial charge in [-0.05, 0) is 38.1 Å². The van der Waals surface area contributed by atoms with E-state index in [9.17, 15) is 13.2 Å². The normalized spacial score (nSPS) is 18.2. The van der Waals surface area contributed by atoms with Crippen LogP contribution >= 0.6 is 0 Å². The summed E-state index contributed by atoms with van der Waals surface area (Å²) < 4.78 is 29.7. The molecule has 0 aliphatic carbocycles. The molecule has 35 heavy (non-hydrogen) atoms. The zero-order valence-electron chi connectivity index (χ0n) is 20.0. The molecule has 4 rings (SSSR count). The fourth-order valence-electron chi connectivity index (χ4n) is 3.96. The minimum absolute atomic E-state index is 0.0448. The second-order valence-electron chi connectivity index (χ2n) is 8.62. The topological polar surface area (TPSA) is 126 Å². The van der Waals surface area contributed by atoms with Crippen LogP contribution in [0.1, 0.15) is 20.8 Å². The smallest absolute Gasteiger partial charge is 0.222 e. The first-order valence-corrected chi connectivity index (χ1v) is 13.1. The van der Waals surface area contributed by atoms with Crippen molar-refractivity contribution in [3.8, 4) is 11.3 Å². The zero-order valence-corrected chi connectivity index (χ0v) is 20.8. The predicted molar refractivity (Wildman–Crippen MR) is 135 cm³/mol. The Morgan fingerprint density at radius 3 is 2.43 bits per heavy atom. The van der Waals surface area contributed by atoms with Crippen molar-refractivity contribution in [1.82, 2.24) is 15.0 Å². The van der Waals surface area contributed by atoms with Gasteiger partial charge in [-0.25, -0.2) is 18.4 Å². The lowest BCUT2D eigenvalue weighted by atomic mass is 10.1. The third-order valence-corrected chi connectivity index (χ3v) is 6.37. The van der Waals surface area contributed by atoms with E-state index in [1.165, 1.54) is 13.0 Å². The van der Waals surface area contributed by atoms with Crippen molar-refractivity contribution in [1.29, 1.82) is 0 Å². The molecule has 0 bridgehead atoms. The molecule has 10 nitrogen and oxygen atoms in total. The summed E-state index contributed by atoms with van der Waals surface area (Å²) in [4.78, 5) is 27.0. The standard InChI is InChI=1S/C24H28N6O4S/c1-15-13-30(14-16(2)34-15)18-8-9-20(25-11-18)19-12-26-23(27-17(3)31)10-21(19)28-22-6-5-7-24(29-22)35(4,32)33/h5-12,15-16H,13-14H2,1-4H3,(H2,26,27,28,29,31)/t15-,16+. The molecule has 0 spiro atoms. The van der Waals surface area contributed by atoms with Crippen LogP contribution in [0.4, 0.5) is 23.0 Å². The SMILES string of the molecule is CC(=O)Nc1cc(Nc2cccc(S(C)(=O)=O)n2)c(-c2ccc(N3C[C@@H](C)O[C@@H](C)C3)cn2)cn1. The third-order valence-electron chi connectivity index (χ3n) is 5.38. The van der Waals surface area contributed by atoms with Crippen LogP contribution in [0.15, 0.2) is 53.8 Å². The van der Waals surface area contributed by atoms with Crippen molar-refractivity contribution in [2.24, 2.45) is 0 Å². The first-order chi connectivity index (χ1) is 16.6. The number of nitrogens with one attached hydrogen (secondary N) is 2. The van der Waals surface area contributed by atoms with Crippen LogP contribution in [-0.4, -0.2) is 60.8 Å². The Bertz CT molecular complexity index is 1320. The number of carbonyl (C=O) groups is 1. The molecule has 0 unspecified atom stereocenters. The molecule has 3 aromatic heterocycles. The molecule has 4 heterocycles. The molecule has 0 radical (unpaired) electrons. The van der Waals surface area contributed by atoms with Gasteiger partial charge in [0, 0.05) is 44.1 Å². The summed E-state index contributed by atoms with van der Waals surface area (Å²) in [7, 11) is -3.47. The van der Waals surface area contributed by atoms with E-state index in [0.717, 1.165) is 25.0 Å². The van der Waals surface area contributed by atoms with Gasteiger partial charge in [0.25, 0.3) is 0 Å². The number of nitrogens with zero attached hydrogens (tertiary/aromatic N) is 4. The van der Waals surface area contributed by atoms with Crippen molar-refractivity contribution in [3.63, 3.8) is 0 Å². The largest absolute Gasteiger partial charge is 0.372 e. The second-order valence-corrected chi connectivity index (χ2v) is 10.6. The van der Waals surface area contributed by atoms with Crippen LogP contribution in [0.25, 0.3) is 11.3 Å². The number of hydrogen-bond donors (Lipinski definition) is 2. The highest BCUT2D eigenvalue weighted by atomic mass is 32.2. The summed E-state index contributed by atoms with van der Waals surface area (Å²) in [5, 5.41) is 5.77. The lowest BCUT2D eigenvalue weighted by Crippen LogP contribution is -2.45. The molecule has 1 saturated heterocycles. The molecular weight excluding hydrogens is 468 g/mol. The van der Waals surface area contributed by atoms with Crippen LogP contribution in [0.2, 0.25) is 0 Å². The van der Waals surface area contributed by atoms with Gasteiger partial charge in [-0.3, -0.25) is 9.78 Å². The highest BCUT2D eigenvalue weighted by Gasteiger charge is 2.23. The van der Waals surface area contributed by atoms with Gasteiger partial charge in [-0.2, -0.15) is 0 Å². The van der Waals surface area contributed by atoms with E-state index in [2.05, 4.69) is 44.3 Å². The fraction of sp³-hybridized carbons (Fsp3) is 0.333. The number of ether oxygens (including phenoxy) is 1. The van der Waals surface area contributed by atoms with Gasteiger partial charge in [-0.1, -0.05) is 6.07 Å². The van der Waals surface area contributed by atoms with E-state index in [4.69, 9.17) is 4.74 Å². The highest BCUT2D eigenvalue weighted by Crippen LogP contribution is 2.31. The van der Waals surface area contributed by atoms with Crippen molar-refractivity contribution in [2.45, 2.75) is 38.0 Å². The second kappa shape index (κ2) is 9.96. The minimum Gasteiger partial charge on any atom is -0.372 e. The lowest BCUT2D eigenvalue weighted by molar-refractivity contribution is -0.114. The number of hydrogen-bond acceptors (Lipinski definition) is 9. The summed E-state index contributed by atoms with van der Waals surface area (Å²) in [6.07, 6.45) is 4.79. The molecule has 2 atom stereocenters. The van der Waals surface area contributed by atoms with Crippen molar-refractivity contribution >= 4 is 38.8 Å². The Kier molecular flexibility index (Phi) is 6.99. The van der Waals surface area contributed by atoms with E-state index < -0.39 is 9.84 Å². The number of rotatable bonds is 6. The molecule has 1 fully saturated rings. The molecule has 1 amide bonds. The highest BCUT2D eigenvalue weighted by molar-refractivity contribution is 7.90. The molecule has 1 aliphatic rings. The average molecular weight is 497 g/mol. The quantitative estimate of drug-likeness (QED) is 0.529.